The summed E-state index contributed by atoms with van der Waals surface area (Å²) in [7, 11) is 3.55. The molecule has 7 heteroatoms. The van der Waals surface area contributed by atoms with Gasteiger partial charge in [-0.25, -0.2) is 0 Å². The van der Waals surface area contributed by atoms with E-state index in [0.29, 0.717) is 35.2 Å². The molecule has 3 heterocycles. The van der Waals surface area contributed by atoms with Crippen LogP contribution in [0.3, 0.4) is 0 Å². The lowest BCUT2D eigenvalue weighted by Gasteiger charge is -2.15. The first kappa shape index (κ1) is 18.9. The van der Waals surface area contributed by atoms with Gasteiger partial charge in [0.1, 0.15) is 5.75 Å². The van der Waals surface area contributed by atoms with Gasteiger partial charge in [-0.15, -0.1) is 0 Å². The maximum Gasteiger partial charge on any atom is 0.259 e. The van der Waals surface area contributed by atoms with E-state index in [-0.39, 0.29) is 18.4 Å². The molecule has 7 nitrogen and oxygen atoms in total. The maximum atomic E-state index is 13.1. The molecule has 0 atom stereocenters. The highest BCUT2D eigenvalue weighted by atomic mass is 16.5. The molecular weight excluding hydrogens is 406 g/mol. The number of aryl methyl sites for hydroxylation is 2. The molecule has 2 amide bonds. The number of aliphatic hydroxyl groups is 1. The number of hydrogen-bond donors (Lipinski definition) is 2. The van der Waals surface area contributed by atoms with Gasteiger partial charge in [-0.05, 0) is 24.6 Å². The van der Waals surface area contributed by atoms with Crippen molar-refractivity contribution in [3.8, 4) is 5.75 Å². The molecule has 0 fully saturated rings. The SMILES string of the molecule is COc1cc2ccn(C)c2c2c3c(c4c5ccccc5n(CCCO)c4c12)C(=O)NC3=O. The van der Waals surface area contributed by atoms with Crippen molar-refractivity contribution in [1.82, 2.24) is 14.5 Å². The number of rotatable bonds is 4. The predicted octanol–water partition coefficient (Wildman–Crippen LogP) is 3.71. The molecule has 0 bridgehead atoms. The second-order valence-corrected chi connectivity index (χ2v) is 8.20. The fraction of sp³-hybridized carbons (Fsp3) is 0.200. The van der Waals surface area contributed by atoms with Crippen molar-refractivity contribution in [3.05, 3.63) is 53.7 Å². The standard InChI is InChI=1S/C25H21N3O4/c1-27-10-8-13-12-16(32-2)18-19(22(13)27)21-20(24(30)26-25(21)31)17-14-6-3-4-7-15(14)28(23(17)18)9-5-11-29/h3-4,6-8,10,12,29H,5,9,11H2,1-2H3,(H,26,30,31). The number of imide groups is 1. The van der Waals surface area contributed by atoms with Crippen LogP contribution in [0, 0.1) is 0 Å². The number of hydrogen-bond acceptors (Lipinski definition) is 4. The Hall–Kier alpha value is -3.84. The second kappa shape index (κ2) is 6.58. The molecule has 1 aliphatic rings. The monoisotopic (exact) mass is 427 g/mol. The van der Waals surface area contributed by atoms with E-state index >= 15 is 0 Å². The Balaban J connectivity index is 2.01. The first-order chi connectivity index (χ1) is 15.6. The van der Waals surface area contributed by atoms with Crippen LogP contribution in [-0.2, 0) is 13.6 Å². The largest absolute Gasteiger partial charge is 0.496 e. The Morgan fingerprint density at radius 1 is 1.00 bits per heavy atom. The third-order valence-electron chi connectivity index (χ3n) is 6.52. The first-order valence-electron chi connectivity index (χ1n) is 10.6. The van der Waals surface area contributed by atoms with E-state index in [1.807, 2.05) is 54.2 Å². The van der Waals surface area contributed by atoms with Crippen LogP contribution in [0.25, 0.3) is 43.5 Å². The quantitative estimate of drug-likeness (QED) is 0.428. The molecule has 0 saturated carbocycles. The summed E-state index contributed by atoms with van der Waals surface area (Å²) < 4.78 is 9.95. The molecule has 3 aromatic carbocycles. The summed E-state index contributed by atoms with van der Waals surface area (Å²) in [5.41, 5.74) is 3.48. The number of carbonyl (C=O) groups excluding carboxylic acids is 2. The fourth-order valence-electron chi connectivity index (χ4n) is 5.29. The highest BCUT2D eigenvalue weighted by Gasteiger charge is 2.36. The van der Waals surface area contributed by atoms with Crippen molar-refractivity contribution in [2.75, 3.05) is 13.7 Å². The minimum atomic E-state index is -0.389. The zero-order valence-electron chi connectivity index (χ0n) is 17.7. The molecule has 160 valence electrons. The lowest BCUT2D eigenvalue weighted by atomic mass is 9.93. The molecule has 6 rings (SSSR count). The summed E-state index contributed by atoms with van der Waals surface area (Å²) >= 11 is 0. The van der Waals surface area contributed by atoms with Crippen LogP contribution in [0.1, 0.15) is 27.1 Å². The van der Waals surface area contributed by atoms with Crippen LogP contribution in [0.4, 0.5) is 0 Å². The van der Waals surface area contributed by atoms with Crippen molar-refractivity contribution in [2.24, 2.45) is 7.05 Å². The molecule has 2 N–H and O–H groups in total. The maximum absolute atomic E-state index is 13.1. The minimum Gasteiger partial charge on any atom is -0.496 e. The molecule has 1 aliphatic heterocycles. The van der Waals surface area contributed by atoms with Crippen LogP contribution in [0.5, 0.6) is 5.75 Å². The number of para-hydroxylation sites is 1. The summed E-state index contributed by atoms with van der Waals surface area (Å²) in [6, 6.07) is 11.8. The number of nitrogens with one attached hydrogen (secondary N) is 1. The molecular formula is C25H21N3O4. The number of aromatic nitrogens is 2. The molecule has 5 aromatic rings. The zero-order chi connectivity index (χ0) is 22.1. The van der Waals surface area contributed by atoms with Gasteiger partial charge < -0.3 is 19.0 Å². The van der Waals surface area contributed by atoms with Gasteiger partial charge in [0.25, 0.3) is 11.8 Å². The van der Waals surface area contributed by atoms with Gasteiger partial charge >= 0.3 is 0 Å². The average Bonchev–Trinajstić information content (AvgIpc) is 3.43. The van der Waals surface area contributed by atoms with Gasteiger partial charge in [-0.3, -0.25) is 14.9 Å². The highest BCUT2D eigenvalue weighted by Crippen LogP contribution is 2.47. The number of fused-ring (bicyclic) bond motifs is 10. The van der Waals surface area contributed by atoms with Gasteiger partial charge in [-0.1, -0.05) is 18.2 Å². The molecule has 0 unspecified atom stereocenters. The van der Waals surface area contributed by atoms with Crippen LogP contribution < -0.4 is 10.1 Å². The summed E-state index contributed by atoms with van der Waals surface area (Å²) in [6.07, 6.45) is 2.50. The second-order valence-electron chi connectivity index (χ2n) is 8.20. The van der Waals surface area contributed by atoms with Gasteiger partial charge in [0.15, 0.2) is 0 Å². The lowest BCUT2D eigenvalue weighted by molar-refractivity contribution is 0.0880. The van der Waals surface area contributed by atoms with Gasteiger partial charge in [0.2, 0.25) is 0 Å². The van der Waals surface area contributed by atoms with E-state index in [1.165, 1.54) is 0 Å². The molecule has 0 spiro atoms. The number of aliphatic hydroxyl groups excluding tert-OH is 1. The number of nitrogens with zero attached hydrogens (tertiary/aromatic N) is 2. The molecule has 32 heavy (non-hydrogen) atoms. The number of carbonyl (C=O) groups is 2. The van der Waals surface area contributed by atoms with E-state index in [4.69, 9.17) is 4.74 Å². The Morgan fingerprint density at radius 3 is 2.50 bits per heavy atom. The third kappa shape index (κ3) is 2.23. The van der Waals surface area contributed by atoms with Crippen LogP contribution in [0.2, 0.25) is 0 Å². The topological polar surface area (TPSA) is 85.5 Å². The smallest absolute Gasteiger partial charge is 0.259 e. The van der Waals surface area contributed by atoms with E-state index < -0.39 is 0 Å². The van der Waals surface area contributed by atoms with Gasteiger partial charge in [0, 0.05) is 53.5 Å². The number of benzene rings is 3. The summed E-state index contributed by atoms with van der Waals surface area (Å²) in [4.78, 5) is 26.2. The van der Waals surface area contributed by atoms with Crippen LogP contribution in [0.15, 0.2) is 42.6 Å². The summed E-state index contributed by atoms with van der Waals surface area (Å²) in [5.74, 6) is -0.126. The Bertz CT molecular complexity index is 1620. The first-order valence-corrected chi connectivity index (χ1v) is 10.6. The van der Waals surface area contributed by atoms with Gasteiger partial charge in [-0.2, -0.15) is 0 Å². The number of methoxy groups -OCH3 is 1. The van der Waals surface area contributed by atoms with Crippen molar-refractivity contribution >= 4 is 55.3 Å². The molecule has 2 aromatic heterocycles. The zero-order valence-corrected chi connectivity index (χ0v) is 17.7. The molecule has 0 saturated heterocycles. The summed E-state index contributed by atoms with van der Waals surface area (Å²) in [6.45, 7) is 0.618. The number of amides is 2. The van der Waals surface area contributed by atoms with Gasteiger partial charge in [0.05, 0.1) is 34.7 Å². The van der Waals surface area contributed by atoms with Crippen molar-refractivity contribution in [1.29, 1.82) is 0 Å². The summed E-state index contributed by atoms with van der Waals surface area (Å²) in [5, 5.41) is 16.2. The Labute approximate surface area is 182 Å². The highest BCUT2D eigenvalue weighted by molar-refractivity contribution is 6.40. The van der Waals surface area contributed by atoms with E-state index in [9.17, 15) is 14.7 Å². The normalized spacial score (nSPS) is 13.6. The predicted molar refractivity (Wildman–Crippen MR) is 123 cm³/mol. The average molecular weight is 427 g/mol. The molecule has 0 aliphatic carbocycles. The number of ether oxygens (including phenoxy) is 1. The van der Waals surface area contributed by atoms with Crippen molar-refractivity contribution in [3.63, 3.8) is 0 Å². The van der Waals surface area contributed by atoms with Crippen LogP contribution in [-0.4, -0.2) is 39.8 Å². The van der Waals surface area contributed by atoms with Crippen molar-refractivity contribution < 1.29 is 19.4 Å². The van der Waals surface area contributed by atoms with Crippen molar-refractivity contribution in [2.45, 2.75) is 13.0 Å². The third-order valence-corrected chi connectivity index (χ3v) is 6.52. The molecule has 0 radical (unpaired) electrons. The van der Waals surface area contributed by atoms with E-state index in [0.717, 1.165) is 38.1 Å². The van der Waals surface area contributed by atoms with Crippen LogP contribution >= 0.6 is 0 Å². The van der Waals surface area contributed by atoms with E-state index in [1.54, 1.807) is 7.11 Å². The fourth-order valence-corrected chi connectivity index (χ4v) is 5.29. The van der Waals surface area contributed by atoms with E-state index in [2.05, 4.69) is 9.88 Å². The Morgan fingerprint density at radius 2 is 1.75 bits per heavy atom. The lowest BCUT2D eigenvalue weighted by Crippen LogP contribution is -2.20. The minimum absolute atomic E-state index is 0.0506. The Kier molecular flexibility index (Phi) is 3.88.